The first-order valence-electron chi connectivity index (χ1n) is 5.29. The van der Waals surface area contributed by atoms with Crippen LogP contribution in [0.15, 0.2) is 42.7 Å². The van der Waals surface area contributed by atoms with Gasteiger partial charge in [-0.15, -0.1) is 0 Å². The van der Waals surface area contributed by atoms with Crippen molar-refractivity contribution in [2.75, 3.05) is 4.90 Å². The number of aromatic nitrogens is 1. The summed E-state index contributed by atoms with van der Waals surface area (Å²) in [5, 5.41) is 9.38. The molecule has 4 nitrogen and oxygen atoms in total. The third-order valence-electron chi connectivity index (χ3n) is 2.84. The highest BCUT2D eigenvalue weighted by Gasteiger charge is 2.28. The van der Waals surface area contributed by atoms with Crippen LogP contribution in [-0.4, -0.2) is 16.0 Å². The molecule has 1 aromatic carbocycles. The fourth-order valence-electron chi connectivity index (χ4n) is 2.03. The minimum absolute atomic E-state index is 0.0481. The fourth-order valence-corrected chi connectivity index (χ4v) is 2.03. The summed E-state index contributed by atoms with van der Waals surface area (Å²) in [5.74, 6) is 0.0132. The van der Waals surface area contributed by atoms with Gasteiger partial charge < -0.3 is 10.0 Å². The van der Waals surface area contributed by atoms with Gasteiger partial charge in [-0.3, -0.25) is 9.78 Å². The van der Waals surface area contributed by atoms with Crippen molar-refractivity contribution in [3.63, 3.8) is 0 Å². The highest BCUT2D eigenvalue weighted by molar-refractivity contribution is 6.09. The zero-order valence-electron chi connectivity index (χ0n) is 9.00. The number of aromatic hydroxyl groups is 1. The Morgan fingerprint density at radius 1 is 1.24 bits per heavy atom. The Hall–Kier alpha value is -2.36. The van der Waals surface area contributed by atoms with Crippen molar-refractivity contribution in [3.05, 3.63) is 53.9 Å². The van der Waals surface area contributed by atoms with Crippen LogP contribution in [0, 0.1) is 0 Å². The molecule has 0 aliphatic carbocycles. The van der Waals surface area contributed by atoms with Crippen molar-refractivity contribution in [2.45, 2.75) is 6.54 Å². The van der Waals surface area contributed by atoms with Crippen LogP contribution in [0.1, 0.15) is 15.9 Å². The molecule has 0 spiro atoms. The van der Waals surface area contributed by atoms with E-state index in [1.54, 1.807) is 11.1 Å². The lowest BCUT2D eigenvalue weighted by Crippen LogP contribution is -2.22. The van der Waals surface area contributed by atoms with Crippen LogP contribution >= 0.6 is 0 Å². The molecule has 0 saturated heterocycles. The van der Waals surface area contributed by atoms with E-state index < -0.39 is 0 Å². The molecule has 0 unspecified atom stereocenters. The first kappa shape index (κ1) is 9.84. The van der Waals surface area contributed by atoms with Gasteiger partial charge in [-0.25, -0.2) is 0 Å². The molecule has 4 heteroatoms. The lowest BCUT2D eigenvalue weighted by atomic mass is 10.1. The van der Waals surface area contributed by atoms with Crippen molar-refractivity contribution in [1.29, 1.82) is 0 Å². The van der Waals surface area contributed by atoms with Gasteiger partial charge in [0.25, 0.3) is 5.91 Å². The predicted molar refractivity (Wildman–Crippen MR) is 62.9 cm³/mol. The average Bonchev–Trinajstić information content (AvgIpc) is 2.68. The first-order valence-corrected chi connectivity index (χ1v) is 5.29. The molecular weight excluding hydrogens is 216 g/mol. The Balaban J connectivity index is 2.02. The fraction of sp³-hybridized carbons (Fsp3) is 0.0769. The number of hydrogen-bond donors (Lipinski definition) is 1. The van der Waals surface area contributed by atoms with E-state index >= 15 is 0 Å². The Kier molecular flexibility index (Phi) is 2.08. The summed E-state index contributed by atoms with van der Waals surface area (Å²) in [5.41, 5.74) is 2.34. The zero-order valence-corrected chi connectivity index (χ0v) is 9.00. The topological polar surface area (TPSA) is 53.4 Å². The van der Waals surface area contributed by atoms with Gasteiger partial charge >= 0.3 is 0 Å². The summed E-state index contributed by atoms with van der Waals surface area (Å²) in [4.78, 5) is 17.6. The van der Waals surface area contributed by atoms with E-state index in [2.05, 4.69) is 4.98 Å². The number of fused-ring (bicyclic) bond motifs is 1. The van der Waals surface area contributed by atoms with Gasteiger partial charge in [0.1, 0.15) is 5.75 Å². The number of carbonyl (C=O) groups is 1. The smallest absolute Gasteiger partial charge is 0.258 e. The highest BCUT2D eigenvalue weighted by Crippen LogP contribution is 2.28. The predicted octanol–water partition coefficient (Wildman–Crippen LogP) is 1.95. The molecule has 3 rings (SSSR count). The van der Waals surface area contributed by atoms with Crippen molar-refractivity contribution >= 4 is 11.6 Å². The Morgan fingerprint density at radius 3 is 2.82 bits per heavy atom. The van der Waals surface area contributed by atoms with Gasteiger partial charge in [-0.2, -0.15) is 0 Å². The molecule has 17 heavy (non-hydrogen) atoms. The van der Waals surface area contributed by atoms with Gasteiger partial charge in [0.15, 0.2) is 0 Å². The first-order chi connectivity index (χ1) is 8.25. The zero-order chi connectivity index (χ0) is 11.8. The van der Waals surface area contributed by atoms with Crippen molar-refractivity contribution in [3.8, 4) is 5.75 Å². The highest BCUT2D eigenvalue weighted by atomic mass is 16.3. The number of pyridine rings is 1. The summed E-state index contributed by atoms with van der Waals surface area (Å²) in [6, 6.07) is 9.05. The molecule has 2 aromatic rings. The summed E-state index contributed by atoms with van der Waals surface area (Å²) in [7, 11) is 0. The molecule has 0 bridgehead atoms. The maximum absolute atomic E-state index is 12.1. The van der Waals surface area contributed by atoms with Gasteiger partial charge in [-0.05, 0) is 11.6 Å². The molecule has 1 amide bonds. The van der Waals surface area contributed by atoms with Crippen LogP contribution in [0.3, 0.4) is 0 Å². The molecule has 1 aromatic heterocycles. The van der Waals surface area contributed by atoms with Crippen molar-refractivity contribution in [2.24, 2.45) is 0 Å². The lowest BCUT2D eigenvalue weighted by Gasteiger charge is -2.14. The summed E-state index contributed by atoms with van der Waals surface area (Å²) < 4.78 is 0. The van der Waals surface area contributed by atoms with E-state index in [1.807, 2.05) is 24.3 Å². The number of hydrogen-bond acceptors (Lipinski definition) is 3. The second-order valence-corrected chi connectivity index (χ2v) is 3.95. The molecular formula is C13H10N2O2. The van der Waals surface area contributed by atoms with Gasteiger partial charge in [-0.1, -0.05) is 18.2 Å². The number of carbonyl (C=O) groups excluding carboxylic acids is 1. The van der Waals surface area contributed by atoms with Gasteiger partial charge in [0.05, 0.1) is 24.6 Å². The third-order valence-corrected chi connectivity index (χ3v) is 2.84. The second-order valence-electron chi connectivity index (χ2n) is 3.95. The summed E-state index contributed by atoms with van der Waals surface area (Å²) in [6.07, 6.45) is 2.92. The molecule has 0 saturated carbocycles. The number of benzene rings is 1. The largest absolute Gasteiger partial charge is 0.506 e. The normalized spacial score (nSPS) is 13.9. The molecule has 0 radical (unpaired) electrons. The lowest BCUT2D eigenvalue weighted by molar-refractivity contribution is 0.0996. The Labute approximate surface area is 98.1 Å². The van der Waals surface area contributed by atoms with Crippen LogP contribution < -0.4 is 4.90 Å². The molecule has 1 aliphatic rings. The van der Waals surface area contributed by atoms with E-state index in [-0.39, 0.29) is 11.7 Å². The van der Waals surface area contributed by atoms with Crippen LogP contribution in [-0.2, 0) is 6.54 Å². The molecule has 1 aliphatic heterocycles. The quantitative estimate of drug-likeness (QED) is 0.808. The number of amides is 1. The molecule has 0 fully saturated rings. The second kappa shape index (κ2) is 3.59. The SMILES string of the molecule is O=C1c2ccccc2CN1c1cncc(O)c1. The van der Waals surface area contributed by atoms with E-state index in [1.165, 1.54) is 12.3 Å². The maximum Gasteiger partial charge on any atom is 0.258 e. The van der Waals surface area contributed by atoms with Gasteiger partial charge in [0, 0.05) is 11.6 Å². The van der Waals surface area contributed by atoms with Crippen molar-refractivity contribution in [1.82, 2.24) is 4.98 Å². The van der Waals surface area contributed by atoms with Crippen molar-refractivity contribution < 1.29 is 9.90 Å². The molecule has 2 heterocycles. The van der Waals surface area contributed by atoms with Crippen LogP contribution in [0.2, 0.25) is 0 Å². The Bertz CT molecular complexity index is 595. The Morgan fingerprint density at radius 2 is 2.06 bits per heavy atom. The number of rotatable bonds is 1. The average molecular weight is 226 g/mol. The minimum Gasteiger partial charge on any atom is -0.506 e. The van der Waals surface area contributed by atoms with Gasteiger partial charge in [0.2, 0.25) is 0 Å². The molecule has 0 atom stereocenters. The van der Waals surface area contributed by atoms with E-state index in [9.17, 15) is 9.90 Å². The number of nitrogens with zero attached hydrogens (tertiary/aromatic N) is 2. The monoisotopic (exact) mass is 226 g/mol. The van der Waals surface area contributed by atoms with Crippen LogP contribution in [0.4, 0.5) is 5.69 Å². The van der Waals surface area contributed by atoms with E-state index in [0.29, 0.717) is 12.2 Å². The van der Waals surface area contributed by atoms with E-state index in [4.69, 9.17) is 0 Å². The summed E-state index contributed by atoms with van der Waals surface area (Å²) >= 11 is 0. The summed E-state index contributed by atoms with van der Waals surface area (Å²) in [6.45, 7) is 0.528. The number of anilines is 1. The molecule has 1 N–H and O–H groups in total. The van der Waals surface area contributed by atoms with E-state index in [0.717, 1.165) is 11.1 Å². The third kappa shape index (κ3) is 1.54. The molecule has 84 valence electrons. The standard InChI is InChI=1S/C13H10N2O2/c16-11-5-10(6-14-7-11)15-8-9-3-1-2-4-12(9)13(15)17/h1-7,16H,8H2. The minimum atomic E-state index is -0.0481. The van der Waals surface area contributed by atoms with Crippen LogP contribution in [0.5, 0.6) is 5.75 Å². The maximum atomic E-state index is 12.1. The van der Waals surface area contributed by atoms with Crippen LogP contribution in [0.25, 0.3) is 0 Å².